The van der Waals surface area contributed by atoms with Crippen LogP contribution in [0.1, 0.15) is 67.9 Å². The molecular formula is C30H40N4O2. The van der Waals surface area contributed by atoms with E-state index in [0.29, 0.717) is 5.69 Å². The van der Waals surface area contributed by atoms with Gasteiger partial charge in [0.1, 0.15) is 12.4 Å². The number of nitrogens with one attached hydrogen (secondary N) is 1. The molecule has 0 unspecified atom stereocenters. The number of likely N-dealkylation sites (tertiary alicyclic amines) is 1. The number of hydrogen-bond acceptors (Lipinski definition) is 4. The first-order chi connectivity index (χ1) is 17.7. The third-order valence-corrected chi connectivity index (χ3v) is 8.21. The van der Waals surface area contributed by atoms with Gasteiger partial charge in [-0.2, -0.15) is 5.10 Å². The number of benzene rings is 2. The number of ether oxygens (including phenoxy) is 1. The van der Waals surface area contributed by atoms with Crippen molar-refractivity contribution in [3.05, 3.63) is 59.8 Å². The third kappa shape index (κ3) is 5.59. The van der Waals surface area contributed by atoms with Gasteiger partial charge in [-0.05, 0) is 68.2 Å². The molecule has 1 fully saturated rings. The Hall–Kier alpha value is -2.86. The Balaban J connectivity index is 1.29. The summed E-state index contributed by atoms with van der Waals surface area (Å²) < 4.78 is 6.27. The van der Waals surface area contributed by atoms with Crippen LogP contribution in [0, 0.1) is 5.41 Å². The van der Waals surface area contributed by atoms with E-state index in [1.54, 1.807) is 0 Å². The molecule has 1 spiro atoms. The first kappa shape index (κ1) is 24.8. The monoisotopic (exact) mass is 488 g/mol. The van der Waals surface area contributed by atoms with Crippen molar-refractivity contribution in [2.24, 2.45) is 5.41 Å². The van der Waals surface area contributed by atoms with Crippen molar-refractivity contribution < 1.29 is 9.53 Å². The molecule has 3 aromatic rings. The van der Waals surface area contributed by atoms with Gasteiger partial charge >= 0.3 is 0 Å². The summed E-state index contributed by atoms with van der Waals surface area (Å²) in [6.45, 7) is 7.78. The fraction of sp³-hybridized carbons (Fsp3) is 0.533. The molecule has 0 saturated carbocycles. The second kappa shape index (κ2) is 11.5. The summed E-state index contributed by atoms with van der Waals surface area (Å²) in [5.41, 5.74) is 3.07. The van der Waals surface area contributed by atoms with E-state index in [1.165, 1.54) is 37.7 Å². The normalized spacial score (nSPS) is 19.3. The number of rotatable bonds is 4. The molecule has 1 N–H and O–H groups in total. The summed E-state index contributed by atoms with van der Waals surface area (Å²) in [4.78, 5) is 18.1. The van der Waals surface area contributed by atoms with Crippen LogP contribution in [0.25, 0.3) is 10.9 Å². The van der Waals surface area contributed by atoms with E-state index in [2.05, 4.69) is 46.3 Å². The highest BCUT2D eigenvalue weighted by Gasteiger charge is 2.37. The molecule has 5 rings (SSSR count). The minimum Gasteiger partial charge on any atom is -0.492 e. The van der Waals surface area contributed by atoms with Gasteiger partial charge in [-0.25, -0.2) is 0 Å². The molecule has 36 heavy (non-hydrogen) atoms. The molecule has 0 aliphatic carbocycles. The number of aromatic amines is 1. The third-order valence-electron chi connectivity index (χ3n) is 8.21. The molecule has 2 aliphatic heterocycles. The van der Waals surface area contributed by atoms with Crippen molar-refractivity contribution in [3.8, 4) is 5.75 Å². The second-order valence-electron chi connectivity index (χ2n) is 10.7. The Morgan fingerprint density at radius 3 is 2.69 bits per heavy atom. The molecule has 6 heteroatoms. The molecule has 1 amide bonds. The van der Waals surface area contributed by atoms with Gasteiger partial charge in [0.25, 0.3) is 5.91 Å². The predicted molar refractivity (Wildman–Crippen MR) is 145 cm³/mol. The zero-order valence-electron chi connectivity index (χ0n) is 21.7. The van der Waals surface area contributed by atoms with E-state index >= 15 is 0 Å². The standard InChI is InChI=1S/C30H40N4O2/c1-2-3-18-33-21-22-36-27-14-7-4-10-24(27)11-8-9-15-30(23-33)16-19-34(20-17-30)29(35)28-25-12-5-6-13-26(25)31-32-28/h4-7,10,12-14H,2-3,8-9,11,15-23H2,1H3,(H,31,32). The maximum Gasteiger partial charge on any atom is 0.274 e. The Morgan fingerprint density at radius 2 is 1.83 bits per heavy atom. The SMILES string of the molecule is CCCCN1CCOc2ccccc2CCCCC2(CCN(C(=O)c3n[nH]c4ccccc34)CC2)C1. The number of aromatic nitrogens is 2. The molecule has 192 valence electrons. The van der Waals surface area contributed by atoms with Gasteiger partial charge in [-0.1, -0.05) is 56.2 Å². The van der Waals surface area contributed by atoms with E-state index in [1.807, 2.05) is 29.2 Å². The van der Waals surface area contributed by atoms with Crippen LogP contribution in [0.5, 0.6) is 5.75 Å². The topological polar surface area (TPSA) is 61.5 Å². The summed E-state index contributed by atoms with van der Waals surface area (Å²) in [5, 5.41) is 8.31. The van der Waals surface area contributed by atoms with Crippen LogP contribution in [0.15, 0.2) is 48.5 Å². The lowest BCUT2D eigenvalue weighted by Gasteiger charge is -2.45. The molecule has 1 saturated heterocycles. The maximum absolute atomic E-state index is 13.4. The van der Waals surface area contributed by atoms with Crippen molar-refractivity contribution in [2.75, 3.05) is 39.3 Å². The van der Waals surface area contributed by atoms with Gasteiger partial charge in [0, 0.05) is 31.6 Å². The molecule has 3 heterocycles. The summed E-state index contributed by atoms with van der Waals surface area (Å²) in [6, 6.07) is 16.4. The lowest BCUT2D eigenvalue weighted by Crippen LogP contribution is -2.49. The Morgan fingerprint density at radius 1 is 1.03 bits per heavy atom. The molecule has 1 aromatic heterocycles. The average molecular weight is 489 g/mol. The predicted octanol–water partition coefficient (Wildman–Crippen LogP) is 5.69. The van der Waals surface area contributed by atoms with Gasteiger partial charge in [0.05, 0.1) is 5.52 Å². The van der Waals surface area contributed by atoms with Crippen LogP contribution in [0.3, 0.4) is 0 Å². The van der Waals surface area contributed by atoms with E-state index < -0.39 is 0 Å². The first-order valence-electron chi connectivity index (χ1n) is 13.8. The quantitative estimate of drug-likeness (QED) is 0.512. The number of para-hydroxylation sites is 2. The molecule has 0 radical (unpaired) electrons. The zero-order valence-corrected chi connectivity index (χ0v) is 21.7. The number of piperidine rings is 1. The van der Waals surface area contributed by atoms with E-state index in [-0.39, 0.29) is 11.3 Å². The molecule has 2 aliphatic rings. The van der Waals surface area contributed by atoms with Crippen molar-refractivity contribution >= 4 is 16.8 Å². The average Bonchev–Trinajstić information content (AvgIpc) is 3.34. The lowest BCUT2D eigenvalue weighted by atomic mass is 9.73. The lowest BCUT2D eigenvalue weighted by molar-refractivity contribution is 0.0372. The fourth-order valence-corrected chi connectivity index (χ4v) is 6.02. The number of hydrogen-bond donors (Lipinski definition) is 1. The highest BCUT2D eigenvalue weighted by molar-refractivity contribution is 6.04. The second-order valence-corrected chi connectivity index (χ2v) is 10.7. The number of nitrogens with zero attached hydrogens (tertiary/aromatic N) is 3. The number of amides is 1. The van der Waals surface area contributed by atoms with Crippen LogP contribution >= 0.6 is 0 Å². The molecule has 0 atom stereocenters. The highest BCUT2D eigenvalue weighted by Crippen LogP contribution is 2.39. The summed E-state index contributed by atoms with van der Waals surface area (Å²) >= 11 is 0. The van der Waals surface area contributed by atoms with Gasteiger partial charge in [-0.15, -0.1) is 0 Å². The molecular weight excluding hydrogens is 448 g/mol. The van der Waals surface area contributed by atoms with Crippen LogP contribution in [-0.4, -0.2) is 65.2 Å². The van der Waals surface area contributed by atoms with Crippen molar-refractivity contribution in [1.82, 2.24) is 20.0 Å². The molecule has 0 bridgehead atoms. The number of carbonyl (C=O) groups is 1. The summed E-state index contributed by atoms with van der Waals surface area (Å²) in [5.74, 6) is 1.12. The Labute approximate surface area is 215 Å². The van der Waals surface area contributed by atoms with Gasteiger partial charge in [0.2, 0.25) is 0 Å². The minimum atomic E-state index is 0.0586. The van der Waals surface area contributed by atoms with Gasteiger partial charge in [0.15, 0.2) is 5.69 Å². The van der Waals surface area contributed by atoms with Crippen LogP contribution in [0.2, 0.25) is 0 Å². The largest absolute Gasteiger partial charge is 0.492 e. The minimum absolute atomic E-state index is 0.0586. The highest BCUT2D eigenvalue weighted by atomic mass is 16.5. The van der Waals surface area contributed by atoms with Crippen molar-refractivity contribution in [2.45, 2.75) is 58.3 Å². The molecule has 2 aromatic carbocycles. The Bertz CT molecular complexity index is 1150. The van der Waals surface area contributed by atoms with Crippen LogP contribution < -0.4 is 4.74 Å². The number of fused-ring (bicyclic) bond motifs is 2. The van der Waals surface area contributed by atoms with Crippen LogP contribution in [-0.2, 0) is 6.42 Å². The fourth-order valence-electron chi connectivity index (χ4n) is 6.02. The van der Waals surface area contributed by atoms with Gasteiger partial charge < -0.3 is 9.64 Å². The number of carbonyl (C=O) groups excluding carboxylic acids is 1. The molecule has 6 nitrogen and oxygen atoms in total. The maximum atomic E-state index is 13.4. The summed E-state index contributed by atoms with van der Waals surface area (Å²) in [7, 11) is 0. The van der Waals surface area contributed by atoms with E-state index in [0.717, 1.165) is 75.2 Å². The van der Waals surface area contributed by atoms with Crippen LogP contribution in [0.4, 0.5) is 0 Å². The zero-order chi connectivity index (χ0) is 24.8. The van der Waals surface area contributed by atoms with Crippen molar-refractivity contribution in [1.29, 1.82) is 0 Å². The van der Waals surface area contributed by atoms with E-state index in [4.69, 9.17) is 4.74 Å². The number of H-pyrrole nitrogens is 1. The van der Waals surface area contributed by atoms with E-state index in [9.17, 15) is 4.79 Å². The summed E-state index contributed by atoms with van der Waals surface area (Å²) in [6.07, 6.45) is 9.22. The van der Waals surface area contributed by atoms with Crippen molar-refractivity contribution in [3.63, 3.8) is 0 Å². The van der Waals surface area contributed by atoms with Gasteiger partial charge in [-0.3, -0.25) is 14.8 Å². The Kier molecular flexibility index (Phi) is 7.90. The number of unbranched alkanes of at least 4 members (excludes halogenated alkanes) is 1. The smallest absolute Gasteiger partial charge is 0.274 e. The number of aryl methyl sites for hydroxylation is 1. The first-order valence-corrected chi connectivity index (χ1v) is 13.8.